The van der Waals surface area contributed by atoms with Gasteiger partial charge >= 0.3 is 5.97 Å². The average molecular weight is 261 g/mol. The molecule has 2 aliphatic rings. The molecule has 2 aliphatic heterocycles. The molecule has 6 nitrogen and oxygen atoms in total. The fourth-order valence-corrected chi connectivity index (χ4v) is 2.93. The first-order valence-corrected chi connectivity index (χ1v) is 6.04. The quantitative estimate of drug-likeness (QED) is 0.623. The van der Waals surface area contributed by atoms with Gasteiger partial charge in [0.25, 0.3) is 5.91 Å². The third-order valence-electron chi connectivity index (χ3n) is 2.65. The van der Waals surface area contributed by atoms with Crippen molar-refractivity contribution < 1.29 is 14.7 Å². The molecule has 0 spiro atoms. The van der Waals surface area contributed by atoms with Crippen molar-refractivity contribution in [1.82, 2.24) is 15.1 Å². The number of aliphatic carboxylic acids is 1. The molecule has 3 rings (SSSR count). The van der Waals surface area contributed by atoms with Crippen molar-refractivity contribution in [2.24, 2.45) is 0 Å². The summed E-state index contributed by atoms with van der Waals surface area (Å²) < 4.78 is 0. The van der Waals surface area contributed by atoms with Crippen molar-refractivity contribution in [3.8, 4) is 0 Å². The van der Waals surface area contributed by atoms with Crippen LogP contribution in [0.4, 0.5) is 0 Å². The van der Waals surface area contributed by atoms with E-state index >= 15 is 0 Å². The molecule has 1 atom stereocenters. The Kier molecular flexibility index (Phi) is 2.41. The molecule has 1 N–H and O–H groups in total. The lowest BCUT2D eigenvalue weighted by molar-refractivity contribution is -0.141. The van der Waals surface area contributed by atoms with Gasteiger partial charge in [0.05, 0.1) is 11.3 Å². The maximum atomic E-state index is 11.9. The van der Waals surface area contributed by atoms with E-state index in [1.54, 1.807) is 24.4 Å². The maximum absolute atomic E-state index is 11.9. The van der Waals surface area contributed by atoms with E-state index in [2.05, 4.69) is 10.2 Å². The van der Waals surface area contributed by atoms with E-state index < -0.39 is 5.97 Å². The molecule has 90 valence electrons. The Morgan fingerprint density at radius 3 is 3.06 bits per heavy atom. The van der Waals surface area contributed by atoms with Crippen LogP contribution < -0.4 is 0 Å². The van der Waals surface area contributed by atoms with Crippen molar-refractivity contribution in [2.45, 2.75) is 5.37 Å². The molecule has 0 aromatic carbocycles. The van der Waals surface area contributed by atoms with Gasteiger partial charge in [0.2, 0.25) is 0 Å². The maximum Gasteiger partial charge on any atom is 0.353 e. The van der Waals surface area contributed by atoms with E-state index in [0.717, 1.165) is 0 Å². The third-order valence-corrected chi connectivity index (χ3v) is 3.73. The van der Waals surface area contributed by atoms with Gasteiger partial charge in [-0.2, -0.15) is 10.2 Å². The number of nitrogens with zero attached hydrogens (tertiary/aromatic N) is 3. The number of aromatic nitrogens is 2. The highest BCUT2D eigenvalue weighted by Crippen LogP contribution is 2.44. The van der Waals surface area contributed by atoms with Crippen LogP contribution in [0.15, 0.2) is 35.0 Å². The lowest BCUT2D eigenvalue weighted by Crippen LogP contribution is -2.51. The number of rotatable bonds is 2. The smallest absolute Gasteiger partial charge is 0.353 e. The predicted molar refractivity (Wildman–Crippen MR) is 64.0 cm³/mol. The Bertz CT molecular complexity index is 597. The summed E-state index contributed by atoms with van der Waals surface area (Å²) in [5.74, 6) is -1.37. The Hall–Kier alpha value is -2.15. The number of carbonyl (C=O) groups excluding carboxylic acids is 1. The summed E-state index contributed by atoms with van der Waals surface area (Å²) in [5, 5.41) is 17.7. The van der Waals surface area contributed by atoms with Crippen LogP contribution in [0.1, 0.15) is 5.69 Å². The van der Waals surface area contributed by atoms with Gasteiger partial charge in [0, 0.05) is 11.6 Å². The summed E-state index contributed by atoms with van der Waals surface area (Å²) in [6.07, 6.45) is 3.19. The zero-order valence-electron chi connectivity index (χ0n) is 8.98. The summed E-state index contributed by atoms with van der Waals surface area (Å²) in [7, 11) is 0. The third kappa shape index (κ3) is 1.52. The Balaban J connectivity index is 1.87. The molecule has 1 fully saturated rings. The molecule has 1 amide bonds. The summed E-state index contributed by atoms with van der Waals surface area (Å²) in [6.45, 7) is 0. The SMILES string of the molecule is O=C(O)C1=CSC2C(=Cc3cccnn3)C(=O)N12. The van der Waals surface area contributed by atoms with Crippen molar-refractivity contribution in [3.63, 3.8) is 0 Å². The number of carboxylic acid groups (broad SMARTS) is 1. The minimum absolute atomic E-state index is 0.0336. The van der Waals surface area contributed by atoms with Crippen LogP contribution in [0.3, 0.4) is 0 Å². The fraction of sp³-hybridized carbons (Fsp3) is 0.0909. The second kappa shape index (κ2) is 3.95. The van der Waals surface area contributed by atoms with Gasteiger partial charge in [-0.15, -0.1) is 11.8 Å². The van der Waals surface area contributed by atoms with E-state index in [0.29, 0.717) is 11.3 Å². The zero-order valence-corrected chi connectivity index (χ0v) is 9.79. The van der Waals surface area contributed by atoms with Crippen molar-refractivity contribution in [1.29, 1.82) is 0 Å². The van der Waals surface area contributed by atoms with Gasteiger partial charge in [-0.3, -0.25) is 9.69 Å². The van der Waals surface area contributed by atoms with Crippen LogP contribution in [0.25, 0.3) is 6.08 Å². The number of thioether (sulfide) groups is 1. The highest BCUT2D eigenvalue weighted by molar-refractivity contribution is 8.03. The van der Waals surface area contributed by atoms with Crippen molar-refractivity contribution >= 4 is 29.7 Å². The molecular formula is C11H7N3O3S. The highest BCUT2D eigenvalue weighted by Gasteiger charge is 2.49. The van der Waals surface area contributed by atoms with E-state index in [9.17, 15) is 9.59 Å². The molecule has 1 aromatic heterocycles. The van der Waals surface area contributed by atoms with Gasteiger partial charge in [0.15, 0.2) is 0 Å². The van der Waals surface area contributed by atoms with Crippen LogP contribution in [0.5, 0.6) is 0 Å². The summed E-state index contributed by atoms with van der Waals surface area (Å²) in [4.78, 5) is 24.0. The predicted octanol–water partition coefficient (Wildman–Crippen LogP) is 0.701. The average Bonchev–Trinajstić information content (AvgIpc) is 2.77. The first-order chi connectivity index (χ1) is 8.68. The van der Waals surface area contributed by atoms with E-state index in [4.69, 9.17) is 5.11 Å². The van der Waals surface area contributed by atoms with E-state index in [1.807, 2.05) is 0 Å². The molecule has 7 heteroatoms. The summed E-state index contributed by atoms with van der Waals surface area (Å²) in [6, 6.07) is 3.46. The lowest BCUT2D eigenvalue weighted by Gasteiger charge is -2.37. The van der Waals surface area contributed by atoms with Crippen molar-refractivity contribution in [2.75, 3.05) is 0 Å². The first kappa shape index (κ1) is 11.0. The number of fused-ring (bicyclic) bond motifs is 1. The van der Waals surface area contributed by atoms with Gasteiger partial charge in [0.1, 0.15) is 11.1 Å². The number of carboxylic acids is 1. The van der Waals surface area contributed by atoms with Crippen LogP contribution in [0.2, 0.25) is 0 Å². The van der Waals surface area contributed by atoms with E-state index in [1.165, 1.54) is 22.1 Å². The number of carbonyl (C=O) groups is 2. The number of hydrogen-bond donors (Lipinski definition) is 1. The largest absolute Gasteiger partial charge is 0.477 e. The number of amides is 1. The van der Waals surface area contributed by atoms with E-state index in [-0.39, 0.29) is 17.0 Å². The number of hydrogen-bond acceptors (Lipinski definition) is 5. The molecule has 18 heavy (non-hydrogen) atoms. The van der Waals surface area contributed by atoms with Gasteiger partial charge in [-0.1, -0.05) is 0 Å². The number of β-lactam (4-membered cyclic amide) rings is 1. The molecular weight excluding hydrogens is 254 g/mol. The summed E-state index contributed by atoms with van der Waals surface area (Å²) in [5.41, 5.74) is 1.17. The molecule has 1 aromatic rings. The van der Waals surface area contributed by atoms with Gasteiger partial charge < -0.3 is 5.11 Å². The van der Waals surface area contributed by atoms with Gasteiger partial charge in [-0.25, -0.2) is 4.79 Å². The second-order valence-electron chi connectivity index (χ2n) is 3.72. The Labute approximate surface area is 106 Å². The van der Waals surface area contributed by atoms with Crippen LogP contribution in [-0.2, 0) is 9.59 Å². The zero-order chi connectivity index (χ0) is 12.7. The standard InChI is InChI=1S/C11H7N3O3S/c15-9-7(4-6-2-1-3-12-13-6)10-14(9)8(5-18-10)11(16)17/h1-5,10H,(H,16,17). The van der Waals surface area contributed by atoms with Gasteiger partial charge in [-0.05, 0) is 18.2 Å². The topological polar surface area (TPSA) is 83.4 Å². The molecule has 1 saturated heterocycles. The molecule has 0 radical (unpaired) electrons. The first-order valence-electron chi connectivity index (χ1n) is 5.10. The minimum Gasteiger partial charge on any atom is -0.477 e. The normalized spacial score (nSPS) is 23.7. The molecule has 0 saturated carbocycles. The molecule has 3 heterocycles. The fourth-order valence-electron chi connectivity index (χ4n) is 1.82. The van der Waals surface area contributed by atoms with Crippen LogP contribution in [0, 0.1) is 0 Å². The Morgan fingerprint density at radius 1 is 1.56 bits per heavy atom. The van der Waals surface area contributed by atoms with Crippen LogP contribution in [-0.4, -0.2) is 37.5 Å². The second-order valence-corrected chi connectivity index (χ2v) is 4.67. The minimum atomic E-state index is -1.09. The Morgan fingerprint density at radius 2 is 2.39 bits per heavy atom. The highest BCUT2D eigenvalue weighted by atomic mass is 32.2. The van der Waals surface area contributed by atoms with Crippen LogP contribution >= 0.6 is 11.8 Å². The molecule has 1 unspecified atom stereocenters. The molecule has 0 bridgehead atoms. The lowest BCUT2D eigenvalue weighted by atomic mass is 10.0. The summed E-state index contributed by atoms with van der Waals surface area (Å²) >= 11 is 1.31. The monoisotopic (exact) mass is 261 g/mol. The van der Waals surface area contributed by atoms with Crippen molar-refractivity contribution in [3.05, 3.63) is 40.7 Å². The molecule has 0 aliphatic carbocycles.